The van der Waals surface area contributed by atoms with Crippen molar-refractivity contribution in [1.82, 2.24) is 4.72 Å². The number of rotatable bonds is 5. The highest BCUT2D eigenvalue weighted by atomic mass is 32.2. The second-order valence-corrected chi connectivity index (χ2v) is 7.87. The second-order valence-electron chi connectivity index (χ2n) is 6.10. The van der Waals surface area contributed by atoms with Gasteiger partial charge in [-0.1, -0.05) is 0 Å². The maximum atomic E-state index is 13.5. The Hall–Kier alpha value is -1.14. The van der Waals surface area contributed by atoms with E-state index < -0.39 is 15.8 Å². The van der Waals surface area contributed by atoms with Gasteiger partial charge in [0.1, 0.15) is 5.82 Å². The molecule has 0 aromatic heterocycles. The zero-order valence-corrected chi connectivity index (χ0v) is 12.3. The van der Waals surface area contributed by atoms with E-state index in [1.807, 2.05) is 0 Å². The van der Waals surface area contributed by atoms with Crippen LogP contribution in [0.15, 0.2) is 17.0 Å². The highest BCUT2D eigenvalue weighted by molar-refractivity contribution is 7.89. The summed E-state index contributed by atoms with van der Waals surface area (Å²) in [4.78, 5) is 0.0421. The molecule has 0 spiro atoms. The van der Waals surface area contributed by atoms with Crippen molar-refractivity contribution >= 4 is 15.7 Å². The molecule has 0 aliphatic heterocycles. The summed E-state index contributed by atoms with van der Waals surface area (Å²) in [5, 5.41) is 0. The number of nitrogens with one attached hydrogen (secondary N) is 1. The average Bonchev–Trinajstić information content (AvgIpc) is 3.25. The van der Waals surface area contributed by atoms with Crippen LogP contribution in [0.25, 0.3) is 0 Å². The maximum absolute atomic E-state index is 13.5. The quantitative estimate of drug-likeness (QED) is 0.818. The Bertz CT molecular complexity index is 626. The molecule has 0 heterocycles. The smallest absolute Gasteiger partial charge is 0.240 e. The molecule has 2 aliphatic rings. The number of nitrogens with two attached hydrogens (primary N) is 1. The molecule has 2 aliphatic carbocycles. The third-order valence-corrected chi connectivity index (χ3v) is 5.90. The van der Waals surface area contributed by atoms with E-state index in [0.717, 1.165) is 12.8 Å². The van der Waals surface area contributed by atoms with Crippen LogP contribution >= 0.6 is 0 Å². The van der Waals surface area contributed by atoms with Gasteiger partial charge < -0.3 is 5.73 Å². The van der Waals surface area contributed by atoms with E-state index in [4.69, 9.17) is 5.73 Å². The van der Waals surface area contributed by atoms with E-state index >= 15 is 0 Å². The van der Waals surface area contributed by atoms with Gasteiger partial charge in [-0.05, 0) is 61.6 Å². The third-order valence-electron chi connectivity index (χ3n) is 4.52. The maximum Gasteiger partial charge on any atom is 0.240 e. The van der Waals surface area contributed by atoms with Crippen molar-refractivity contribution in [2.45, 2.75) is 37.5 Å². The van der Waals surface area contributed by atoms with E-state index in [0.29, 0.717) is 12.5 Å². The monoisotopic (exact) mass is 298 g/mol. The van der Waals surface area contributed by atoms with E-state index in [2.05, 4.69) is 4.72 Å². The van der Waals surface area contributed by atoms with Crippen LogP contribution in [0.1, 0.15) is 31.2 Å². The highest BCUT2D eigenvalue weighted by Gasteiger charge is 2.53. The number of hydrogen-bond donors (Lipinski definition) is 2. The van der Waals surface area contributed by atoms with Crippen LogP contribution in [0.2, 0.25) is 0 Å². The van der Waals surface area contributed by atoms with Gasteiger partial charge in [-0.2, -0.15) is 0 Å². The van der Waals surface area contributed by atoms with Crippen LogP contribution in [-0.4, -0.2) is 15.0 Å². The molecule has 3 N–H and O–H groups in total. The molecule has 2 saturated carbocycles. The molecule has 2 fully saturated rings. The van der Waals surface area contributed by atoms with Gasteiger partial charge >= 0.3 is 0 Å². The first-order valence-corrected chi connectivity index (χ1v) is 8.38. The Balaban J connectivity index is 1.78. The Morgan fingerprint density at radius 3 is 2.55 bits per heavy atom. The molecule has 0 unspecified atom stereocenters. The van der Waals surface area contributed by atoms with E-state index in [1.54, 1.807) is 0 Å². The first kappa shape index (κ1) is 13.8. The lowest BCUT2D eigenvalue weighted by Crippen LogP contribution is -2.31. The summed E-state index contributed by atoms with van der Waals surface area (Å²) in [7, 11) is -3.62. The molecular formula is C14H19FN2O2S. The summed E-state index contributed by atoms with van der Waals surface area (Å²) >= 11 is 0. The lowest BCUT2D eigenvalue weighted by molar-refractivity contribution is 0.432. The minimum Gasteiger partial charge on any atom is -0.396 e. The van der Waals surface area contributed by atoms with Crippen molar-refractivity contribution in [3.05, 3.63) is 23.5 Å². The number of sulfonamides is 1. The lowest BCUT2D eigenvalue weighted by Gasteiger charge is -2.15. The number of halogens is 1. The van der Waals surface area contributed by atoms with Crippen LogP contribution in [0.5, 0.6) is 0 Å². The van der Waals surface area contributed by atoms with Crippen LogP contribution < -0.4 is 10.5 Å². The summed E-state index contributed by atoms with van der Waals surface area (Å²) in [6.07, 6.45) is 4.63. The molecule has 3 rings (SSSR count). The van der Waals surface area contributed by atoms with Gasteiger partial charge in [0.2, 0.25) is 10.0 Å². The van der Waals surface area contributed by atoms with Crippen LogP contribution in [0.4, 0.5) is 10.1 Å². The van der Waals surface area contributed by atoms with Crippen LogP contribution in [0.3, 0.4) is 0 Å². The number of anilines is 1. The minimum absolute atomic E-state index is 0.0421. The Morgan fingerprint density at radius 1 is 1.40 bits per heavy atom. The molecule has 0 atom stereocenters. The molecular weight excluding hydrogens is 279 g/mol. The predicted molar refractivity (Wildman–Crippen MR) is 75.1 cm³/mol. The van der Waals surface area contributed by atoms with Crippen molar-refractivity contribution in [1.29, 1.82) is 0 Å². The Kier molecular flexibility index (Phi) is 3.06. The third kappa shape index (κ3) is 2.42. The lowest BCUT2D eigenvalue weighted by atomic mass is 10.0. The fourth-order valence-electron chi connectivity index (χ4n) is 2.83. The summed E-state index contributed by atoms with van der Waals surface area (Å²) in [6, 6.07) is 2.51. The zero-order valence-electron chi connectivity index (χ0n) is 11.4. The Morgan fingerprint density at radius 2 is 2.05 bits per heavy atom. The molecule has 1 aromatic rings. The van der Waals surface area contributed by atoms with Gasteiger partial charge in [-0.3, -0.25) is 0 Å². The first-order chi connectivity index (χ1) is 9.34. The molecule has 0 bridgehead atoms. The van der Waals surface area contributed by atoms with E-state index in [1.165, 1.54) is 31.9 Å². The minimum atomic E-state index is -3.62. The zero-order chi connectivity index (χ0) is 14.5. The molecule has 0 saturated heterocycles. The Labute approximate surface area is 118 Å². The van der Waals surface area contributed by atoms with Crippen molar-refractivity contribution in [2.75, 3.05) is 12.3 Å². The van der Waals surface area contributed by atoms with Gasteiger partial charge in [0.25, 0.3) is 0 Å². The SMILES string of the molecule is Cc1cc(S(=O)(=O)NCC2(C3CC3)CC2)cc(N)c1F. The van der Waals surface area contributed by atoms with Crippen LogP contribution in [-0.2, 0) is 10.0 Å². The van der Waals surface area contributed by atoms with Gasteiger partial charge in [-0.15, -0.1) is 0 Å². The number of benzene rings is 1. The van der Waals surface area contributed by atoms with Crippen molar-refractivity contribution < 1.29 is 12.8 Å². The second kappa shape index (κ2) is 4.43. The van der Waals surface area contributed by atoms with Gasteiger partial charge in [0.15, 0.2) is 0 Å². The topological polar surface area (TPSA) is 72.2 Å². The number of nitrogen functional groups attached to an aromatic ring is 1. The first-order valence-electron chi connectivity index (χ1n) is 6.89. The summed E-state index contributed by atoms with van der Waals surface area (Å²) in [6.45, 7) is 1.99. The van der Waals surface area contributed by atoms with Crippen LogP contribution in [0, 0.1) is 24.1 Å². The molecule has 0 radical (unpaired) electrons. The standard InChI is InChI=1S/C14H19FN2O2S/c1-9-6-11(7-12(16)13(9)15)20(18,19)17-8-14(4-5-14)10-2-3-10/h6-7,10,17H,2-5,8,16H2,1H3. The van der Waals surface area contributed by atoms with Crippen molar-refractivity contribution in [2.24, 2.45) is 11.3 Å². The fraction of sp³-hybridized carbons (Fsp3) is 0.571. The predicted octanol–water partition coefficient (Wildman–Crippen LogP) is 2.18. The van der Waals surface area contributed by atoms with E-state index in [9.17, 15) is 12.8 Å². The fourth-order valence-corrected chi connectivity index (χ4v) is 4.08. The molecule has 4 nitrogen and oxygen atoms in total. The number of aryl methyl sites for hydroxylation is 1. The number of hydrogen-bond acceptors (Lipinski definition) is 3. The van der Waals surface area contributed by atoms with Gasteiger partial charge in [0, 0.05) is 6.54 Å². The summed E-state index contributed by atoms with van der Waals surface area (Å²) in [5.74, 6) is 0.130. The van der Waals surface area contributed by atoms with E-state index in [-0.39, 0.29) is 21.6 Å². The van der Waals surface area contributed by atoms with Crippen molar-refractivity contribution in [3.8, 4) is 0 Å². The molecule has 6 heteroatoms. The van der Waals surface area contributed by atoms with Crippen molar-refractivity contribution in [3.63, 3.8) is 0 Å². The average molecular weight is 298 g/mol. The summed E-state index contributed by atoms with van der Waals surface area (Å²) in [5.41, 5.74) is 5.80. The molecule has 110 valence electrons. The normalized spacial score (nSPS) is 20.9. The molecule has 0 amide bonds. The summed E-state index contributed by atoms with van der Waals surface area (Å²) < 4.78 is 40.7. The van der Waals surface area contributed by atoms with Gasteiger partial charge in [0.05, 0.1) is 10.6 Å². The largest absolute Gasteiger partial charge is 0.396 e. The molecule has 1 aromatic carbocycles. The highest BCUT2D eigenvalue weighted by Crippen LogP contribution is 2.60. The molecule has 20 heavy (non-hydrogen) atoms. The van der Waals surface area contributed by atoms with Gasteiger partial charge in [-0.25, -0.2) is 17.5 Å².